The first-order valence-corrected chi connectivity index (χ1v) is 9.46. The second kappa shape index (κ2) is 9.57. The predicted molar refractivity (Wildman–Crippen MR) is 102 cm³/mol. The van der Waals surface area contributed by atoms with E-state index in [0.717, 1.165) is 31.7 Å². The summed E-state index contributed by atoms with van der Waals surface area (Å²) in [6.45, 7) is 12.4. The van der Waals surface area contributed by atoms with Crippen LogP contribution in [0.15, 0.2) is 24.3 Å². The Labute approximate surface area is 156 Å². The molecule has 26 heavy (non-hydrogen) atoms. The van der Waals surface area contributed by atoms with Gasteiger partial charge in [-0.05, 0) is 39.8 Å². The lowest BCUT2D eigenvalue weighted by Gasteiger charge is -2.36. The topological polar surface area (TPSA) is 53.1 Å². The minimum atomic E-state index is -0.512. The van der Waals surface area contributed by atoms with Gasteiger partial charge >= 0.3 is 0 Å². The van der Waals surface area contributed by atoms with Gasteiger partial charge in [0.15, 0.2) is 6.10 Å². The number of hydrogen-bond acceptors (Lipinski definition) is 4. The highest BCUT2D eigenvalue weighted by molar-refractivity contribution is 5.81. The van der Waals surface area contributed by atoms with Crippen LogP contribution in [0, 0.1) is 6.92 Å². The lowest BCUT2D eigenvalue weighted by atomic mass is 10.2. The third-order valence-electron chi connectivity index (χ3n) is 4.84. The van der Waals surface area contributed by atoms with Crippen LogP contribution in [0.5, 0.6) is 5.75 Å². The Morgan fingerprint density at radius 3 is 2.19 bits per heavy atom. The van der Waals surface area contributed by atoms with Gasteiger partial charge in [0.1, 0.15) is 5.75 Å². The van der Waals surface area contributed by atoms with Crippen molar-refractivity contribution in [2.45, 2.75) is 33.8 Å². The van der Waals surface area contributed by atoms with E-state index in [0.29, 0.717) is 25.4 Å². The molecule has 2 rings (SSSR count). The molecule has 0 N–H and O–H groups in total. The summed E-state index contributed by atoms with van der Waals surface area (Å²) < 4.78 is 5.77. The first-order valence-electron chi connectivity index (χ1n) is 9.46. The lowest BCUT2D eigenvalue weighted by Crippen LogP contribution is -2.53. The molecule has 0 spiro atoms. The van der Waals surface area contributed by atoms with Crippen LogP contribution in [-0.4, -0.2) is 78.4 Å². The number of nitrogens with zero attached hydrogens (tertiary/aromatic N) is 3. The molecule has 2 amide bonds. The standard InChI is InChI=1S/C20H31N3O3/c1-5-22(6-2)19(24)15-21-11-13-23(14-12-21)20(25)17(4)26-18-9-7-16(3)8-10-18/h7-10,17H,5-6,11-15H2,1-4H3. The van der Waals surface area contributed by atoms with Crippen LogP contribution in [0.2, 0.25) is 0 Å². The Hall–Kier alpha value is -2.08. The number of piperazine rings is 1. The van der Waals surface area contributed by atoms with Gasteiger partial charge in [0.2, 0.25) is 5.91 Å². The number of carbonyl (C=O) groups is 2. The van der Waals surface area contributed by atoms with Crippen molar-refractivity contribution in [3.05, 3.63) is 29.8 Å². The van der Waals surface area contributed by atoms with Crippen molar-refractivity contribution in [2.75, 3.05) is 45.8 Å². The van der Waals surface area contributed by atoms with E-state index in [-0.39, 0.29) is 11.8 Å². The number of amides is 2. The minimum Gasteiger partial charge on any atom is -0.481 e. The Morgan fingerprint density at radius 2 is 1.65 bits per heavy atom. The monoisotopic (exact) mass is 361 g/mol. The summed E-state index contributed by atoms with van der Waals surface area (Å²) in [5, 5.41) is 0. The van der Waals surface area contributed by atoms with Crippen LogP contribution in [0.25, 0.3) is 0 Å². The highest BCUT2D eigenvalue weighted by atomic mass is 16.5. The Kier molecular flexibility index (Phi) is 7.45. The number of likely N-dealkylation sites (N-methyl/N-ethyl adjacent to an activating group) is 1. The van der Waals surface area contributed by atoms with Gasteiger partial charge in [0, 0.05) is 39.3 Å². The van der Waals surface area contributed by atoms with Gasteiger partial charge in [0.05, 0.1) is 6.54 Å². The first kappa shape index (κ1) is 20.2. The van der Waals surface area contributed by atoms with Gasteiger partial charge in [0.25, 0.3) is 5.91 Å². The number of aryl methyl sites for hydroxylation is 1. The molecule has 1 atom stereocenters. The SMILES string of the molecule is CCN(CC)C(=O)CN1CCN(C(=O)C(C)Oc2ccc(C)cc2)CC1. The van der Waals surface area contributed by atoms with E-state index in [1.165, 1.54) is 0 Å². The maximum atomic E-state index is 12.6. The average Bonchev–Trinajstić information content (AvgIpc) is 2.64. The molecule has 6 heteroatoms. The highest BCUT2D eigenvalue weighted by Crippen LogP contribution is 2.15. The molecule has 1 aromatic carbocycles. The second-order valence-corrected chi connectivity index (χ2v) is 6.74. The van der Waals surface area contributed by atoms with E-state index in [9.17, 15) is 9.59 Å². The summed E-state index contributed by atoms with van der Waals surface area (Å²) in [4.78, 5) is 30.6. The summed E-state index contributed by atoms with van der Waals surface area (Å²) in [5.41, 5.74) is 1.16. The third kappa shape index (κ3) is 5.46. The second-order valence-electron chi connectivity index (χ2n) is 6.74. The zero-order valence-electron chi connectivity index (χ0n) is 16.4. The van der Waals surface area contributed by atoms with E-state index < -0.39 is 6.10 Å². The quantitative estimate of drug-likeness (QED) is 0.743. The molecule has 1 unspecified atom stereocenters. The van der Waals surface area contributed by atoms with Gasteiger partial charge in [-0.1, -0.05) is 17.7 Å². The molecule has 0 saturated carbocycles. The maximum absolute atomic E-state index is 12.6. The molecule has 0 radical (unpaired) electrons. The molecular weight excluding hydrogens is 330 g/mol. The molecule has 1 saturated heterocycles. The van der Waals surface area contributed by atoms with Crippen molar-refractivity contribution in [1.29, 1.82) is 0 Å². The number of rotatable bonds is 7. The van der Waals surface area contributed by atoms with Crippen molar-refractivity contribution in [3.63, 3.8) is 0 Å². The smallest absolute Gasteiger partial charge is 0.263 e. The Bertz CT molecular complexity index is 591. The molecule has 0 bridgehead atoms. The van der Waals surface area contributed by atoms with Gasteiger partial charge in [-0.3, -0.25) is 14.5 Å². The average molecular weight is 361 g/mol. The van der Waals surface area contributed by atoms with E-state index in [4.69, 9.17) is 4.74 Å². The van der Waals surface area contributed by atoms with Crippen LogP contribution >= 0.6 is 0 Å². The van der Waals surface area contributed by atoms with Gasteiger partial charge in [-0.2, -0.15) is 0 Å². The normalized spacial score (nSPS) is 16.2. The van der Waals surface area contributed by atoms with Crippen LogP contribution in [0.4, 0.5) is 0 Å². The molecule has 1 aliphatic heterocycles. The fourth-order valence-corrected chi connectivity index (χ4v) is 3.12. The molecule has 1 aliphatic rings. The summed E-state index contributed by atoms with van der Waals surface area (Å²) >= 11 is 0. The molecule has 0 aliphatic carbocycles. The largest absolute Gasteiger partial charge is 0.481 e. The maximum Gasteiger partial charge on any atom is 0.263 e. The molecule has 1 heterocycles. The van der Waals surface area contributed by atoms with Gasteiger partial charge in [-0.15, -0.1) is 0 Å². The first-order chi connectivity index (χ1) is 12.4. The molecule has 0 aromatic heterocycles. The van der Waals surface area contributed by atoms with Crippen LogP contribution in [0.1, 0.15) is 26.3 Å². The van der Waals surface area contributed by atoms with E-state index in [2.05, 4.69) is 4.90 Å². The zero-order valence-corrected chi connectivity index (χ0v) is 16.4. The Morgan fingerprint density at radius 1 is 1.08 bits per heavy atom. The predicted octanol–water partition coefficient (Wildman–Crippen LogP) is 1.77. The Balaban J connectivity index is 1.80. The molecule has 6 nitrogen and oxygen atoms in total. The third-order valence-corrected chi connectivity index (χ3v) is 4.84. The van der Waals surface area contributed by atoms with Gasteiger partial charge in [-0.25, -0.2) is 0 Å². The highest BCUT2D eigenvalue weighted by Gasteiger charge is 2.27. The van der Waals surface area contributed by atoms with Gasteiger partial charge < -0.3 is 14.5 Å². The van der Waals surface area contributed by atoms with E-state index in [1.807, 2.05) is 54.8 Å². The zero-order chi connectivity index (χ0) is 19.1. The fourth-order valence-electron chi connectivity index (χ4n) is 3.12. The van der Waals surface area contributed by atoms with Crippen molar-refractivity contribution in [1.82, 2.24) is 14.7 Å². The summed E-state index contributed by atoms with van der Waals surface area (Å²) in [7, 11) is 0. The molecule has 1 fully saturated rings. The van der Waals surface area contributed by atoms with Crippen LogP contribution < -0.4 is 4.74 Å². The minimum absolute atomic E-state index is 0.000273. The van der Waals surface area contributed by atoms with Crippen molar-refractivity contribution >= 4 is 11.8 Å². The number of ether oxygens (including phenoxy) is 1. The molecule has 144 valence electrons. The van der Waals surface area contributed by atoms with Crippen molar-refractivity contribution in [2.24, 2.45) is 0 Å². The lowest BCUT2D eigenvalue weighted by molar-refractivity contribution is -0.140. The number of hydrogen-bond donors (Lipinski definition) is 0. The summed E-state index contributed by atoms with van der Waals surface area (Å²) in [6.07, 6.45) is -0.512. The fraction of sp³-hybridized carbons (Fsp3) is 0.600. The molecular formula is C20H31N3O3. The summed E-state index contributed by atoms with van der Waals surface area (Å²) in [5.74, 6) is 0.867. The van der Waals surface area contributed by atoms with E-state index >= 15 is 0 Å². The number of carbonyl (C=O) groups excluding carboxylic acids is 2. The van der Waals surface area contributed by atoms with Crippen molar-refractivity contribution in [3.8, 4) is 5.75 Å². The molecule has 1 aromatic rings. The summed E-state index contributed by atoms with van der Waals surface area (Å²) in [6, 6.07) is 7.71. The van der Waals surface area contributed by atoms with Crippen molar-refractivity contribution < 1.29 is 14.3 Å². The van der Waals surface area contributed by atoms with E-state index in [1.54, 1.807) is 6.92 Å². The number of benzene rings is 1. The van der Waals surface area contributed by atoms with Crippen LogP contribution in [0.3, 0.4) is 0 Å². The van der Waals surface area contributed by atoms with Crippen LogP contribution in [-0.2, 0) is 9.59 Å².